The number of carboxylic acids is 2. The van der Waals surface area contributed by atoms with Gasteiger partial charge in [-0.05, 0) is 0 Å². The van der Waals surface area contributed by atoms with E-state index in [1.165, 1.54) is 0 Å². The molecule has 17 heavy (non-hydrogen) atoms. The van der Waals surface area contributed by atoms with Crippen molar-refractivity contribution < 1.29 is 34.7 Å². The predicted octanol–water partition coefficient (Wildman–Crippen LogP) is -3.88. The number of rotatable bonds is 7. The SMILES string of the molecule is NOC[C@H](N)C(=O)O.NON[C@@H](CO)C(=O)O. The largest absolute Gasteiger partial charge is 0.480 e. The molecule has 0 aliphatic rings. The van der Waals surface area contributed by atoms with Crippen molar-refractivity contribution in [2.45, 2.75) is 12.1 Å². The molecule has 0 radical (unpaired) electrons. The van der Waals surface area contributed by atoms with Gasteiger partial charge >= 0.3 is 11.9 Å². The molecule has 0 aromatic heterocycles. The smallest absolute Gasteiger partial charge is 0.325 e. The molecule has 11 heteroatoms. The van der Waals surface area contributed by atoms with E-state index in [1.807, 2.05) is 5.48 Å². The van der Waals surface area contributed by atoms with E-state index in [0.29, 0.717) is 0 Å². The molecule has 0 aliphatic heterocycles. The Morgan fingerprint density at radius 2 is 1.76 bits per heavy atom. The number of aliphatic carboxylic acids is 2. The molecular formula is C6H16N4O7. The fraction of sp³-hybridized carbons (Fsp3) is 0.667. The number of nitrogens with one attached hydrogen (secondary N) is 1. The first-order valence-electron chi connectivity index (χ1n) is 4.15. The van der Waals surface area contributed by atoms with Crippen molar-refractivity contribution in [2.24, 2.45) is 17.5 Å². The average molecular weight is 256 g/mol. The van der Waals surface area contributed by atoms with Gasteiger partial charge in [0.05, 0.1) is 13.2 Å². The number of nitrogens with two attached hydrogens (primary N) is 3. The number of hydrogen-bond donors (Lipinski definition) is 7. The Morgan fingerprint density at radius 3 is 1.88 bits per heavy atom. The van der Waals surface area contributed by atoms with Crippen LogP contribution in [0.5, 0.6) is 0 Å². The van der Waals surface area contributed by atoms with Crippen LogP contribution in [0.2, 0.25) is 0 Å². The summed E-state index contributed by atoms with van der Waals surface area (Å²) in [7, 11) is 0. The zero-order valence-electron chi connectivity index (χ0n) is 8.78. The second-order valence-electron chi connectivity index (χ2n) is 2.59. The van der Waals surface area contributed by atoms with Crippen molar-refractivity contribution in [2.75, 3.05) is 13.2 Å². The quantitative estimate of drug-likeness (QED) is 0.219. The topological polar surface area (TPSA) is 203 Å². The Kier molecular flexibility index (Phi) is 11.8. The highest BCUT2D eigenvalue weighted by atomic mass is 16.8. The van der Waals surface area contributed by atoms with Gasteiger partial charge in [0.2, 0.25) is 0 Å². The van der Waals surface area contributed by atoms with Gasteiger partial charge in [0, 0.05) is 0 Å². The number of aliphatic hydroxyl groups is 1. The maximum atomic E-state index is 9.96. The summed E-state index contributed by atoms with van der Waals surface area (Å²) in [4.78, 5) is 27.5. The van der Waals surface area contributed by atoms with Gasteiger partial charge in [-0.15, -0.1) is 0 Å². The lowest BCUT2D eigenvalue weighted by Gasteiger charge is -2.06. The molecule has 0 spiro atoms. The summed E-state index contributed by atoms with van der Waals surface area (Å²) in [6.45, 7) is -0.720. The maximum absolute atomic E-state index is 9.96. The highest BCUT2D eigenvalue weighted by Crippen LogP contribution is 1.78. The summed E-state index contributed by atoms with van der Waals surface area (Å²) in [5.41, 5.74) is 6.78. The summed E-state index contributed by atoms with van der Waals surface area (Å²) in [6.07, 6.45) is 0. The molecule has 2 atom stereocenters. The summed E-state index contributed by atoms with van der Waals surface area (Å²) in [5.74, 6) is 6.65. The lowest BCUT2D eigenvalue weighted by molar-refractivity contribution is -0.146. The monoisotopic (exact) mass is 256 g/mol. The summed E-state index contributed by atoms with van der Waals surface area (Å²) < 4.78 is 0. The third-order valence-electron chi connectivity index (χ3n) is 1.28. The highest BCUT2D eigenvalue weighted by Gasteiger charge is 2.14. The van der Waals surface area contributed by atoms with E-state index < -0.39 is 30.6 Å². The molecular weight excluding hydrogens is 240 g/mol. The van der Waals surface area contributed by atoms with Gasteiger partial charge < -0.3 is 25.9 Å². The van der Waals surface area contributed by atoms with E-state index in [4.69, 9.17) is 21.1 Å². The first-order chi connectivity index (χ1) is 7.90. The molecule has 0 aromatic carbocycles. The summed E-state index contributed by atoms with van der Waals surface area (Å²) >= 11 is 0. The molecule has 0 amide bonds. The molecule has 102 valence electrons. The summed E-state index contributed by atoms with van der Waals surface area (Å²) in [5, 5.41) is 24.4. The molecule has 10 N–H and O–H groups in total. The molecule has 0 saturated carbocycles. The minimum atomic E-state index is -1.22. The fourth-order valence-electron chi connectivity index (χ4n) is 0.423. The van der Waals surface area contributed by atoms with Crippen molar-refractivity contribution in [3.8, 4) is 0 Å². The van der Waals surface area contributed by atoms with Crippen LogP contribution in [0.1, 0.15) is 0 Å². The van der Waals surface area contributed by atoms with Crippen molar-refractivity contribution in [1.82, 2.24) is 5.48 Å². The number of carboxylic acid groups (broad SMARTS) is 2. The van der Waals surface area contributed by atoms with Gasteiger partial charge in [0.15, 0.2) is 6.04 Å². The Bertz CT molecular complexity index is 226. The van der Waals surface area contributed by atoms with E-state index in [2.05, 4.69) is 21.6 Å². The predicted molar refractivity (Wildman–Crippen MR) is 52.7 cm³/mol. The van der Waals surface area contributed by atoms with Crippen LogP contribution in [0, 0.1) is 0 Å². The van der Waals surface area contributed by atoms with E-state index in [-0.39, 0.29) is 6.61 Å². The molecule has 0 heterocycles. The summed E-state index contributed by atoms with van der Waals surface area (Å²) in [6, 6.07) is -2.17. The van der Waals surface area contributed by atoms with Crippen LogP contribution in [-0.4, -0.2) is 52.6 Å². The molecule has 0 aliphatic carbocycles. The van der Waals surface area contributed by atoms with Crippen LogP contribution in [0.15, 0.2) is 0 Å². The van der Waals surface area contributed by atoms with Gasteiger partial charge in [-0.2, -0.15) is 11.4 Å². The minimum Gasteiger partial charge on any atom is -0.480 e. The minimum absolute atomic E-state index is 0.157. The molecule has 0 saturated heterocycles. The van der Waals surface area contributed by atoms with E-state index in [0.717, 1.165) is 0 Å². The molecule has 0 aromatic rings. The molecule has 0 unspecified atom stereocenters. The first kappa shape index (κ1) is 18.0. The van der Waals surface area contributed by atoms with Crippen LogP contribution in [0.25, 0.3) is 0 Å². The zero-order valence-corrected chi connectivity index (χ0v) is 8.78. The molecule has 11 nitrogen and oxygen atoms in total. The number of carbonyl (C=O) groups is 2. The molecule has 0 rings (SSSR count). The Morgan fingerprint density at radius 1 is 1.24 bits per heavy atom. The molecule has 0 fully saturated rings. The van der Waals surface area contributed by atoms with Crippen LogP contribution in [0.4, 0.5) is 0 Å². The van der Waals surface area contributed by atoms with Crippen LogP contribution in [-0.2, 0) is 19.4 Å². The van der Waals surface area contributed by atoms with Crippen LogP contribution < -0.4 is 23.0 Å². The Balaban J connectivity index is 0. The highest BCUT2D eigenvalue weighted by molar-refractivity contribution is 5.73. The Hall–Kier alpha value is -1.34. The van der Waals surface area contributed by atoms with Gasteiger partial charge in [-0.3, -0.25) is 9.59 Å². The lowest BCUT2D eigenvalue weighted by atomic mass is 10.3. The fourth-order valence-corrected chi connectivity index (χ4v) is 0.423. The normalized spacial score (nSPS) is 13.2. The second-order valence-corrected chi connectivity index (χ2v) is 2.59. The average Bonchev–Trinajstić information content (AvgIpc) is 2.26. The van der Waals surface area contributed by atoms with Crippen molar-refractivity contribution >= 4 is 11.9 Å². The number of aliphatic hydroxyl groups excluding tert-OH is 1. The van der Waals surface area contributed by atoms with Gasteiger partial charge in [0.1, 0.15) is 6.04 Å². The second kappa shape index (κ2) is 11.2. The standard InChI is InChI=1S/C3H8N2O4.C3H8N2O3/c4-9-5-2(1-6)3(7)8;4-2(1-8-5)3(6)7/h2,5-6H,1,4H2,(H,7,8);2H,1,4-5H2,(H,6,7)/t2*2-/m00/s1. The number of hydrogen-bond acceptors (Lipinski definition) is 9. The Labute approximate surface area is 95.9 Å². The maximum Gasteiger partial charge on any atom is 0.325 e. The number of hydroxylamine groups is 1. The van der Waals surface area contributed by atoms with Crippen LogP contribution >= 0.6 is 0 Å². The third-order valence-corrected chi connectivity index (χ3v) is 1.28. The van der Waals surface area contributed by atoms with Crippen molar-refractivity contribution in [3.05, 3.63) is 0 Å². The van der Waals surface area contributed by atoms with E-state index in [9.17, 15) is 9.59 Å². The van der Waals surface area contributed by atoms with Gasteiger partial charge in [0.25, 0.3) is 0 Å². The van der Waals surface area contributed by atoms with Gasteiger partial charge in [-0.1, -0.05) is 0 Å². The lowest BCUT2D eigenvalue weighted by Crippen LogP contribution is -2.41. The molecule has 0 bridgehead atoms. The van der Waals surface area contributed by atoms with Gasteiger partial charge in [-0.25, -0.2) is 10.8 Å². The third kappa shape index (κ3) is 10.9. The zero-order chi connectivity index (χ0) is 13.8. The van der Waals surface area contributed by atoms with Crippen LogP contribution in [0.3, 0.4) is 0 Å². The van der Waals surface area contributed by atoms with E-state index in [1.54, 1.807) is 0 Å². The first-order valence-corrected chi connectivity index (χ1v) is 4.15. The van der Waals surface area contributed by atoms with Crippen molar-refractivity contribution in [1.29, 1.82) is 0 Å². The van der Waals surface area contributed by atoms with E-state index >= 15 is 0 Å². The van der Waals surface area contributed by atoms with Crippen molar-refractivity contribution in [3.63, 3.8) is 0 Å².